The summed E-state index contributed by atoms with van der Waals surface area (Å²) in [5.74, 6) is 0.174. The number of amides is 1. The van der Waals surface area contributed by atoms with Crippen LogP contribution in [0.4, 0.5) is 24.7 Å². The minimum absolute atomic E-state index is 0.0466. The van der Waals surface area contributed by atoms with Crippen molar-refractivity contribution in [2.45, 2.75) is 39.2 Å². The van der Waals surface area contributed by atoms with Crippen molar-refractivity contribution in [2.24, 2.45) is 0 Å². The van der Waals surface area contributed by atoms with Crippen LogP contribution in [0.5, 0.6) is 5.75 Å². The number of imidazole rings is 1. The highest BCUT2D eigenvalue weighted by atomic mass is 19.4. The Morgan fingerprint density at radius 3 is 2.62 bits per heavy atom. The molecule has 0 aliphatic carbocycles. The van der Waals surface area contributed by atoms with Gasteiger partial charge in [0.05, 0.1) is 6.20 Å². The van der Waals surface area contributed by atoms with Gasteiger partial charge in [0, 0.05) is 49.3 Å². The van der Waals surface area contributed by atoms with Gasteiger partial charge >= 0.3 is 6.36 Å². The van der Waals surface area contributed by atoms with E-state index in [-0.39, 0.29) is 17.7 Å². The van der Waals surface area contributed by atoms with Gasteiger partial charge in [-0.2, -0.15) is 0 Å². The molecule has 1 fully saturated rings. The van der Waals surface area contributed by atoms with Crippen molar-refractivity contribution in [3.63, 3.8) is 0 Å². The van der Waals surface area contributed by atoms with Crippen molar-refractivity contribution in [3.8, 4) is 17.0 Å². The van der Waals surface area contributed by atoms with Gasteiger partial charge in [0.1, 0.15) is 23.3 Å². The zero-order valence-electron chi connectivity index (χ0n) is 21.8. The highest BCUT2D eigenvalue weighted by molar-refractivity contribution is 5.87. The summed E-state index contributed by atoms with van der Waals surface area (Å²) in [6.45, 7) is 7.88. The smallest absolute Gasteiger partial charge is 0.406 e. The number of nitrogens with zero attached hydrogens (tertiary/aromatic N) is 5. The van der Waals surface area contributed by atoms with Crippen LogP contribution in [0.3, 0.4) is 0 Å². The second-order valence-electron chi connectivity index (χ2n) is 9.72. The van der Waals surface area contributed by atoms with Crippen LogP contribution in [0, 0.1) is 6.92 Å². The standard InChI is InChI=1S/C28H29F3N6O2/c1-18-5-4-6-22(15-18)36-14-13-35(17-19(36)2)27(38)20(3)33-26-25(34-24-16-32-11-12-37(24)26)21-7-9-23(10-8-21)39-28(29,30)31/h4-12,15-16,19-20,33H,13-14,17H2,1-3H3. The first-order valence-electron chi connectivity index (χ1n) is 12.7. The maximum Gasteiger partial charge on any atom is 0.573 e. The van der Waals surface area contributed by atoms with Gasteiger partial charge in [-0.3, -0.25) is 14.2 Å². The number of hydrogen-bond acceptors (Lipinski definition) is 6. The van der Waals surface area contributed by atoms with Gasteiger partial charge in [0.15, 0.2) is 5.65 Å². The van der Waals surface area contributed by atoms with Crippen LogP contribution in [0.1, 0.15) is 19.4 Å². The van der Waals surface area contributed by atoms with Gasteiger partial charge in [-0.15, -0.1) is 13.2 Å². The van der Waals surface area contributed by atoms with E-state index in [1.54, 1.807) is 29.9 Å². The zero-order valence-corrected chi connectivity index (χ0v) is 21.8. The third kappa shape index (κ3) is 5.76. The summed E-state index contributed by atoms with van der Waals surface area (Å²) in [5.41, 5.74) is 3.93. The van der Waals surface area contributed by atoms with Crippen molar-refractivity contribution in [3.05, 3.63) is 72.7 Å². The van der Waals surface area contributed by atoms with Crippen LogP contribution in [0.15, 0.2) is 67.1 Å². The largest absolute Gasteiger partial charge is 0.573 e. The van der Waals surface area contributed by atoms with Crippen molar-refractivity contribution in [2.75, 3.05) is 29.9 Å². The lowest BCUT2D eigenvalue weighted by Crippen LogP contribution is -2.56. The first-order chi connectivity index (χ1) is 18.6. The van der Waals surface area contributed by atoms with Gasteiger partial charge in [-0.05, 0) is 62.7 Å². The minimum atomic E-state index is -4.78. The first-order valence-corrected chi connectivity index (χ1v) is 12.7. The molecule has 2 aromatic carbocycles. The van der Waals surface area contributed by atoms with Gasteiger partial charge in [-0.1, -0.05) is 12.1 Å². The maximum atomic E-state index is 13.5. The Morgan fingerprint density at radius 1 is 1.15 bits per heavy atom. The molecule has 2 aromatic heterocycles. The third-order valence-corrected chi connectivity index (χ3v) is 6.79. The average Bonchev–Trinajstić information content (AvgIpc) is 3.26. The number of halogens is 3. The molecule has 1 aliphatic rings. The van der Waals surface area contributed by atoms with Gasteiger partial charge in [-0.25, -0.2) is 4.98 Å². The molecule has 1 aliphatic heterocycles. The summed E-state index contributed by atoms with van der Waals surface area (Å²) in [5, 5.41) is 3.30. The summed E-state index contributed by atoms with van der Waals surface area (Å²) in [6, 6.07) is 13.4. The maximum absolute atomic E-state index is 13.5. The summed E-state index contributed by atoms with van der Waals surface area (Å²) >= 11 is 0. The van der Waals surface area contributed by atoms with Crippen molar-refractivity contribution in [1.82, 2.24) is 19.3 Å². The van der Waals surface area contributed by atoms with Crippen LogP contribution >= 0.6 is 0 Å². The topological polar surface area (TPSA) is 75.0 Å². The van der Waals surface area contributed by atoms with Gasteiger partial charge < -0.3 is 19.9 Å². The number of benzene rings is 2. The molecule has 11 heteroatoms. The lowest BCUT2D eigenvalue weighted by Gasteiger charge is -2.42. The molecule has 0 bridgehead atoms. The number of alkyl halides is 3. The van der Waals surface area contributed by atoms with Crippen LogP contribution < -0.4 is 15.0 Å². The molecule has 2 atom stereocenters. The molecular weight excluding hydrogens is 509 g/mol. The normalized spacial score (nSPS) is 16.8. The highest BCUT2D eigenvalue weighted by Gasteiger charge is 2.32. The number of aryl methyl sites for hydroxylation is 1. The van der Waals surface area contributed by atoms with E-state index in [4.69, 9.17) is 0 Å². The molecule has 1 N–H and O–H groups in total. The number of nitrogens with one attached hydrogen (secondary N) is 1. The second kappa shape index (κ2) is 10.5. The summed E-state index contributed by atoms with van der Waals surface area (Å²) in [4.78, 5) is 26.4. The van der Waals surface area contributed by atoms with E-state index in [1.165, 1.54) is 29.8 Å². The molecule has 0 radical (unpaired) electrons. The molecule has 5 rings (SSSR count). The number of carbonyl (C=O) groups excluding carboxylic acids is 1. The first kappa shape index (κ1) is 26.3. The molecule has 2 unspecified atom stereocenters. The van der Waals surface area contributed by atoms with Crippen molar-refractivity contribution in [1.29, 1.82) is 0 Å². The number of piperazine rings is 1. The van der Waals surface area contributed by atoms with E-state index >= 15 is 0 Å². The molecule has 39 heavy (non-hydrogen) atoms. The van der Waals surface area contributed by atoms with Crippen molar-refractivity contribution < 1.29 is 22.7 Å². The molecule has 204 valence electrons. The van der Waals surface area contributed by atoms with E-state index < -0.39 is 12.4 Å². The molecule has 0 saturated carbocycles. The zero-order chi connectivity index (χ0) is 27.7. The molecule has 1 amide bonds. The summed E-state index contributed by atoms with van der Waals surface area (Å²) in [7, 11) is 0. The highest BCUT2D eigenvalue weighted by Crippen LogP contribution is 2.32. The molecule has 4 aromatic rings. The number of anilines is 2. The van der Waals surface area contributed by atoms with E-state index in [2.05, 4.69) is 57.0 Å². The second-order valence-corrected chi connectivity index (χ2v) is 9.72. The fourth-order valence-corrected chi connectivity index (χ4v) is 4.95. The monoisotopic (exact) mass is 538 g/mol. The van der Waals surface area contributed by atoms with Crippen LogP contribution in [-0.4, -0.2) is 63.3 Å². The Hall–Kier alpha value is -4.28. The Balaban J connectivity index is 1.34. The lowest BCUT2D eigenvalue weighted by molar-refractivity contribution is -0.274. The van der Waals surface area contributed by atoms with E-state index in [0.29, 0.717) is 35.8 Å². The predicted molar refractivity (Wildman–Crippen MR) is 143 cm³/mol. The average molecular weight is 539 g/mol. The minimum Gasteiger partial charge on any atom is -0.406 e. The number of fused-ring (bicyclic) bond motifs is 1. The fraction of sp³-hybridized carbons (Fsp3) is 0.321. The number of carbonyl (C=O) groups is 1. The molecule has 0 spiro atoms. The Kier molecular flexibility index (Phi) is 7.07. The SMILES string of the molecule is Cc1cccc(N2CCN(C(=O)C(C)Nc3c(-c4ccc(OC(F)(F)F)cc4)nc4cnccn34)CC2C)c1. The Labute approximate surface area is 224 Å². The number of hydrogen-bond donors (Lipinski definition) is 1. The third-order valence-electron chi connectivity index (χ3n) is 6.79. The quantitative estimate of drug-likeness (QED) is 0.367. The van der Waals surface area contributed by atoms with Gasteiger partial charge in [0.25, 0.3) is 0 Å². The van der Waals surface area contributed by atoms with Crippen molar-refractivity contribution >= 4 is 23.1 Å². The summed E-state index contributed by atoms with van der Waals surface area (Å²) < 4.78 is 43.5. The Bertz CT molecular complexity index is 1470. The van der Waals surface area contributed by atoms with Gasteiger partial charge in [0.2, 0.25) is 5.91 Å². The number of ether oxygens (including phenoxy) is 1. The Morgan fingerprint density at radius 2 is 1.92 bits per heavy atom. The molecule has 1 saturated heterocycles. The lowest BCUT2D eigenvalue weighted by atomic mass is 10.1. The van der Waals surface area contributed by atoms with Crippen LogP contribution in [0.25, 0.3) is 16.9 Å². The predicted octanol–water partition coefficient (Wildman–Crippen LogP) is 5.14. The van der Waals surface area contributed by atoms with E-state index in [0.717, 1.165) is 12.2 Å². The summed E-state index contributed by atoms with van der Waals surface area (Å²) in [6.07, 6.45) is 0.119. The fourth-order valence-electron chi connectivity index (χ4n) is 4.95. The molecular formula is C28H29F3N6O2. The number of aromatic nitrogens is 3. The molecule has 3 heterocycles. The van der Waals surface area contributed by atoms with Crippen LogP contribution in [-0.2, 0) is 4.79 Å². The van der Waals surface area contributed by atoms with Crippen LogP contribution in [0.2, 0.25) is 0 Å². The van der Waals surface area contributed by atoms with E-state index in [9.17, 15) is 18.0 Å². The molecule has 8 nitrogen and oxygen atoms in total. The number of rotatable bonds is 6. The van der Waals surface area contributed by atoms with E-state index in [1.807, 2.05) is 11.0 Å².